The van der Waals surface area contributed by atoms with Gasteiger partial charge in [-0.3, -0.25) is 4.79 Å². The van der Waals surface area contributed by atoms with Crippen LogP contribution in [0.3, 0.4) is 0 Å². The number of nitrogens with one attached hydrogen (secondary N) is 1. The van der Waals surface area contributed by atoms with E-state index in [1.807, 2.05) is 0 Å². The van der Waals surface area contributed by atoms with Crippen LogP contribution in [-0.4, -0.2) is 25.5 Å². The lowest BCUT2D eigenvalue weighted by Gasteiger charge is -2.13. The van der Waals surface area contributed by atoms with E-state index >= 15 is 0 Å². The Bertz CT molecular complexity index is 548. The summed E-state index contributed by atoms with van der Waals surface area (Å²) in [6.45, 7) is 0. The van der Waals surface area contributed by atoms with Crippen molar-refractivity contribution in [3.05, 3.63) is 16.8 Å². The number of hydrogen-bond donors (Lipinski definition) is 2. The molecule has 0 radical (unpaired) electrons. The molecule has 18 heavy (non-hydrogen) atoms. The molecule has 0 spiro atoms. The number of carboxylic acid groups (broad SMARTS) is 1. The molecule has 1 atom stereocenters. The lowest BCUT2D eigenvalue weighted by Crippen LogP contribution is -2.41. The molecular weight excluding hydrogens is 326 g/mol. The summed E-state index contributed by atoms with van der Waals surface area (Å²) in [5.74, 6) is -0.873. The Kier molecular flexibility index (Phi) is 3.79. The van der Waals surface area contributed by atoms with E-state index in [0.717, 1.165) is 12.8 Å². The number of aliphatic carboxylic acids is 1. The van der Waals surface area contributed by atoms with Crippen molar-refractivity contribution in [1.82, 2.24) is 4.72 Å². The van der Waals surface area contributed by atoms with Gasteiger partial charge in [-0.2, -0.15) is 4.72 Å². The molecule has 6 nitrogen and oxygen atoms in total. The van der Waals surface area contributed by atoms with Gasteiger partial charge < -0.3 is 9.52 Å². The van der Waals surface area contributed by atoms with Crippen molar-refractivity contribution in [3.63, 3.8) is 0 Å². The van der Waals surface area contributed by atoms with Crippen LogP contribution >= 0.6 is 15.9 Å². The van der Waals surface area contributed by atoms with Crippen molar-refractivity contribution in [1.29, 1.82) is 0 Å². The van der Waals surface area contributed by atoms with Crippen LogP contribution in [0.1, 0.15) is 19.3 Å². The quantitative estimate of drug-likeness (QED) is 0.821. The van der Waals surface area contributed by atoms with Crippen molar-refractivity contribution in [2.75, 3.05) is 0 Å². The van der Waals surface area contributed by atoms with Gasteiger partial charge >= 0.3 is 5.97 Å². The molecule has 0 unspecified atom stereocenters. The lowest BCUT2D eigenvalue weighted by molar-refractivity contribution is -0.139. The monoisotopic (exact) mass is 337 g/mol. The van der Waals surface area contributed by atoms with Crippen molar-refractivity contribution >= 4 is 31.9 Å². The maximum Gasteiger partial charge on any atom is 0.321 e. The summed E-state index contributed by atoms with van der Waals surface area (Å²) in [4.78, 5) is 11.0. The molecule has 0 amide bonds. The number of carboxylic acids is 1. The summed E-state index contributed by atoms with van der Waals surface area (Å²) >= 11 is 3.03. The van der Waals surface area contributed by atoms with Gasteiger partial charge in [-0.1, -0.05) is 12.8 Å². The molecule has 1 saturated carbocycles. The van der Waals surface area contributed by atoms with E-state index in [4.69, 9.17) is 9.52 Å². The Morgan fingerprint density at radius 1 is 1.61 bits per heavy atom. The number of furan rings is 1. The first-order valence-corrected chi connectivity index (χ1v) is 7.66. The second-order valence-corrected chi connectivity index (χ2v) is 6.71. The molecule has 1 fully saturated rings. The maximum absolute atomic E-state index is 11.9. The normalized spacial score (nSPS) is 17.6. The molecule has 1 aliphatic rings. The van der Waals surface area contributed by atoms with Crippen LogP contribution in [0.5, 0.6) is 0 Å². The summed E-state index contributed by atoms with van der Waals surface area (Å²) in [5, 5.41) is 8.71. The van der Waals surface area contributed by atoms with E-state index in [2.05, 4.69) is 20.7 Å². The van der Waals surface area contributed by atoms with E-state index in [9.17, 15) is 13.2 Å². The number of sulfonamides is 1. The first-order valence-electron chi connectivity index (χ1n) is 5.38. The molecule has 1 aliphatic carbocycles. The average Bonchev–Trinajstić information content (AvgIpc) is 2.96. The predicted octanol–water partition coefficient (Wildman–Crippen LogP) is 1.57. The van der Waals surface area contributed by atoms with Crippen LogP contribution in [0, 0.1) is 5.92 Å². The molecule has 2 rings (SSSR count). The van der Waals surface area contributed by atoms with Gasteiger partial charge in [0.1, 0.15) is 6.04 Å². The molecular formula is C10H12BrNO5S. The minimum absolute atomic E-state index is 0.269. The summed E-state index contributed by atoms with van der Waals surface area (Å²) in [5.41, 5.74) is 0. The number of halogens is 1. The fourth-order valence-corrected chi connectivity index (χ4v) is 3.62. The van der Waals surface area contributed by atoms with Gasteiger partial charge in [0.2, 0.25) is 5.09 Å². The third-order valence-electron chi connectivity index (χ3n) is 2.69. The van der Waals surface area contributed by atoms with Crippen LogP contribution in [-0.2, 0) is 14.8 Å². The first kappa shape index (κ1) is 13.6. The zero-order valence-corrected chi connectivity index (χ0v) is 11.7. The summed E-state index contributed by atoms with van der Waals surface area (Å²) in [6.07, 6.45) is 3.44. The highest BCUT2D eigenvalue weighted by Crippen LogP contribution is 2.34. The molecule has 0 saturated heterocycles. The maximum atomic E-state index is 11.9. The van der Waals surface area contributed by atoms with Crippen LogP contribution < -0.4 is 4.72 Å². The average molecular weight is 338 g/mol. The first-order chi connectivity index (χ1) is 8.40. The molecule has 0 aromatic carbocycles. The second-order valence-electron chi connectivity index (χ2n) is 4.25. The van der Waals surface area contributed by atoms with Crippen LogP contribution in [0.15, 0.2) is 26.3 Å². The topological polar surface area (TPSA) is 96.6 Å². The van der Waals surface area contributed by atoms with Gasteiger partial charge in [-0.15, -0.1) is 0 Å². The Balaban J connectivity index is 2.14. The highest BCUT2D eigenvalue weighted by Gasteiger charge is 2.33. The third kappa shape index (κ3) is 3.12. The number of carbonyl (C=O) groups is 1. The molecule has 1 aromatic heterocycles. The summed E-state index contributed by atoms with van der Waals surface area (Å²) < 4.78 is 31.1. The fraction of sp³-hybridized carbons (Fsp3) is 0.500. The summed E-state index contributed by atoms with van der Waals surface area (Å²) in [7, 11) is -3.95. The van der Waals surface area contributed by atoms with E-state index in [1.54, 1.807) is 0 Å². The third-order valence-corrected chi connectivity index (χ3v) is 4.98. The van der Waals surface area contributed by atoms with Gasteiger partial charge in [-0.05, 0) is 34.3 Å². The van der Waals surface area contributed by atoms with Crippen molar-refractivity contribution in [2.24, 2.45) is 5.92 Å². The fourth-order valence-electron chi connectivity index (χ4n) is 1.60. The Morgan fingerprint density at radius 2 is 2.28 bits per heavy atom. The van der Waals surface area contributed by atoms with Crippen molar-refractivity contribution in [3.8, 4) is 0 Å². The van der Waals surface area contributed by atoms with E-state index in [1.165, 1.54) is 12.3 Å². The molecule has 0 aliphatic heterocycles. The Morgan fingerprint density at radius 3 is 2.72 bits per heavy atom. The van der Waals surface area contributed by atoms with Crippen LogP contribution in [0.25, 0.3) is 0 Å². The van der Waals surface area contributed by atoms with Gasteiger partial charge in [0, 0.05) is 0 Å². The van der Waals surface area contributed by atoms with Crippen molar-refractivity contribution < 1.29 is 22.7 Å². The lowest BCUT2D eigenvalue weighted by atomic mass is 10.1. The molecule has 1 aromatic rings. The van der Waals surface area contributed by atoms with Crippen LogP contribution in [0.2, 0.25) is 0 Å². The van der Waals surface area contributed by atoms with Gasteiger partial charge in [0.05, 0.1) is 10.7 Å². The number of hydrogen-bond acceptors (Lipinski definition) is 4. The molecule has 1 heterocycles. The highest BCUT2D eigenvalue weighted by atomic mass is 79.9. The van der Waals surface area contributed by atoms with E-state index in [0.29, 0.717) is 12.3 Å². The predicted molar refractivity (Wildman–Crippen MR) is 65.5 cm³/mol. The van der Waals surface area contributed by atoms with Crippen molar-refractivity contribution in [2.45, 2.75) is 30.4 Å². The van der Waals surface area contributed by atoms with Gasteiger partial charge in [0.25, 0.3) is 10.0 Å². The molecule has 100 valence electrons. The Hall–Kier alpha value is -0.860. The van der Waals surface area contributed by atoms with E-state index < -0.39 is 22.0 Å². The van der Waals surface area contributed by atoms with Gasteiger partial charge in [0.15, 0.2) is 0 Å². The summed E-state index contributed by atoms with van der Waals surface area (Å²) in [6, 6.07) is 0.324. The minimum Gasteiger partial charge on any atom is -0.480 e. The molecule has 0 bridgehead atoms. The standard InChI is InChI=1S/C10H12BrNO5S/c11-7-3-4-17-10(7)18(15,16)12-8(9(13)14)5-6-1-2-6/h3-4,6,8,12H,1-2,5H2,(H,13,14)/t8-/m0/s1. The van der Waals surface area contributed by atoms with Crippen LogP contribution in [0.4, 0.5) is 0 Å². The number of rotatable bonds is 6. The molecule has 2 N–H and O–H groups in total. The van der Waals surface area contributed by atoms with E-state index in [-0.39, 0.29) is 9.56 Å². The van der Waals surface area contributed by atoms with Gasteiger partial charge in [-0.25, -0.2) is 8.42 Å². The SMILES string of the molecule is O=C(O)[C@H](CC1CC1)NS(=O)(=O)c1occc1Br. The zero-order valence-electron chi connectivity index (χ0n) is 9.30. The highest BCUT2D eigenvalue weighted by molar-refractivity contribution is 9.10. The molecule has 8 heteroatoms. The Labute approximate surface area is 113 Å². The minimum atomic E-state index is -3.95. The smallest absolute Gasteiger partial charge is 0.321 e. The second kappa shape index (κ2) is 5.02. The largest absolute Gasteiger partial charge is 0.480 e. The zero-order chi connectivity index (χ0) is 13.3.